The Labute approximate surface area is 180 Å². The zero-order chi connectivity index (χ0) is 21.1. The van der Waals surface area contributed by atoms with E-state index >= 15 is 0 Å². The Bertz CT molecular complexity index is 1170. The van der Waals surface area contributed by atoms with Crippen LogP contribution in [-0.4, -0.2) is 51.4 Å². The summed E-state index contributed by atoms with van der Waals surface area (Å²) in [6.45, 7) is 6.54. The highest BCUT2D eigenvalue weighted by Crippen LogP contribution is 2.15. The first-order valence-corrected chi connectivity index (χ1v) is 10.8. The standard InChI is InChI=1S/C23H26N4O2S/c1-2-27-22(29)19-10-9-18(15-20(19)24-23(27)30)21(28)26-12-6-11-25(13-14-26)16-17-7-4-3-5-8-17/h3-5,7-10,15H,2,6,11-14,16H2,1H3,(H,24,30). The number of nitrogens with zero attached hydrogens (tertiary/aromatic N) is 3. The van der Waals surface area contributed by atoms with Crippen LogP contribution in [0.1, 0.15) is 29.3 Å². The molecule has 1 aliphatic heterocycles. The van der Waals surface area contributed by atoms with Crippen molar-refractivity contribution in [2.24, 2.45) is 0 Å². The number of carbonyl (C=O) groups excluding carboxylic acids is 1. The first kappa shape index (κ1) is 20.5. The maximum absolute atomic E-state index is 13.1. The number of fused-ring (bicyclic) bond motifs is 1. The van der Waals surface area contributed by atoms with Gasteiger partial charge in [0.25, 0.3) is 11.5 Å². The minimum absolute atomic E-state index is 0.00236. The molecule has 1 saturated heterocycles. The highest BCUT2D eigenvalue weighted by Gasteiger charge is 2.21. The van der Waals surface area contributed by atoms with Gasteiger partial charge in [0.15, 0.2) is 4.77 Å². The van der Waals surface area contributed by atoms with E-state index in [1.165, 1.54) is 10.1 Å². The molecule has 1 amide bonds. The molecule has 0 saturated carbocycles. The van der Waals surface area contributed by atoms with Crippen molar-refractivity contribution >= 4 is 29.0 Å². The molecule has 0 radical (unpaired) electrons. The molecular weight excluding hydrogens is 396 g/mol. The van der Waals surface area contributed by atoms with Crippen molar-refractivity contribution in [3.63, 3.8) is 0 Å². The first-order chi connectivity index (χ1) is 14.6. The first-order valence-electron chi connectivity index (χ1n) is 10.4. The van der Waals surface area contributed by atoms with Crippen LogP contribution in [0, 0.1) is 4.77 Å². The van der Waals surface area contributed by atoms with Crippen LogP contribution in [0.4, 0.5) is 0 Å². The predicted octanol–water partition coefficient (Wildman–Crippen LogP) is 3.43. The summed E-state index contributed by atoms with van der Waals surface area (Å²) in [5, 5.41) is 0.548. The Hall–Kier alpha value is -2.77. The molecule has 0 unspecified atom stereocenters. The van der Waals surface area contributed by atoms with Gasteiger partial charge in [0.1, 0.15) is 0 Å². The average Bonchev–Trinajstić information content (AvgIpc) is 2.99. The largest absolute Gasteiger partial charge is 0.337 e. The quantitative estimate of drug-likeness (QED) is 0.655. The van der Waals surface area contributed by atoms with E-state index in [1.54, 1.807) is 18.2 Å². The molecule has 0 atom stereocenters. The number of aromatic nitrogens is 2. The number of hydrogen-bond donors (Lipinski definition) is 1. The summed E-state index contributed by atoms with van der Waals surface area (Å²) in [5.74, 6) is -0.00236. The second kappa shape index (κ2) is 8.93. The molecule has 1 fully saturated rings. The highest BCUT2D eigenvalue weighted by molar-refractivity contribution is 7.71. The van der Waals surface area contributed by atoms with E-state index in [0.717, 1.165) is 32.6 Å². The maximum Gasteiger partial charge on any atom is 0.262 e. The number of amides is 1. The van der Waals surface area contributed by atoms with E-state index in [1.807, 2.05) is 17.9 Å². The molecule has 0 spiro atoms. The summed E-state index contributed by atoms with van der Waals surface area (Å²) < 4.78 is 1.90. The fourth-order valence-corrected chi connectivity index (χ4v) is 4.35. The van der Waals surface area contributed by atoms with Crippen LogP contribution < -0.4 is 5.56 Å². The third kappa shape index (κ3) is 4.22. The van der Waals surface area contributed by atoms with Gasteiger partial charge >= 0.3 is 0 Å². The maximum atomic E-state index is 13.1. The fraction of sp³-hybridized carbons (Fsp3) is 0.348. The lowest BCUT2D eigenvalue weighted by atomic mass is 10.1. The lowest BCUT2D eigenvalue weighted by Crippen LogP contribution is -2.35. The summed E-state index contributed by atoms with van der Waals surface area (Å²) in [4.78, 5) is 33.1. The van der Waals surface area contributed by atoms with Crippen LogP contribution in [0.2, 0.25) is 0 Å². The van der Waals surface area contributed by atoms with E-state index in [-0.39, 0.29) is 11.5 Å². The minimum atomic E-state index is -0.124. The molecule has 6 nitrogen and oxygen atoms in total. The summed E-state index contributed by atoms with van der Waals surface area (Å²) in [5.41, 5.74) is 2.36. The predicted molar refractivity (Wildman–Crippen MR) is 121 cm³/mol. The Morgan fingerprint density at radius 3 is 2.63 bits per heavy atom. The smallest absolute Gasteiger partial charge is 0.262 e. The lowest BCUT2D eigenvalue weighted by Gasteiger charge is -2.22. The molecule has 156 valence electrons. The number of H-pyrrole nitrogens is 1. The molecule has 2 heterocycles. The number of aromatic amines is 1. The third-order valence-electron chi connectivity index (χ3n) is 5.67. The molecule has 0 aliphatic carbocycles. The monoisotopic (exact) mass is 422 g/mol. The van der Waals surface area contributed by atoms with Crippen LogP contribution in [0.3, 0.4) is 0 Å². The van der Waals surface area contributed by atoms with E-state index in [4.69, 9.17) is 12.2 Å². The van der Waals surface area contributed by atoms with Gasteiger partial charge in [0.2, 0.25) is 0 Å². The average molecular weight is 423 g/mol. The van der Waals surface area contributed by atoms with Crippen LogP contribution in [0.25, 0.3) is 10.9 Å². The summed E-state index contributed by atoms with van der Waals surface area (Å²) in [6.07, 6.45) is 0.940. The van der Waals surface area contributed by atoms with Gasteiger partial charge in [-0.25, -0.2) is 0 Å². The Balaban J connectivity index is 1.51. The molecule has 4 rings (SSSR count). The number of nitrogens with one attached hydrogen (secondary N) is 1. The third-order valence-corrected chi connectivity index (χ3v) is 5.99. The minimum Gasteiger partial charge on any atom is -0.337 e. The molecular formula is C23H26N4O2S. The SMILES string of the molecule is CCn1c(=S)[nH]c2cc(C(=O)N3CCCN(Cc4ccccc4)CC3)ccc2c1=O. The molecule has 0 bridgehead atoms. The van der Waals surface area contributed by atoms with Gasteiger partial charge in [-0.05, 0) is 49.3 Å². The van der Waals surface area contributed by atoms with Crippen molar-refractivity contribution in [1.29, 1.82) is 0 Å². The Morgan fingerprint density at radius 1 is 1.07 bits per heavy atom. The lowest BCUT2D eigenvalue weighted by molar-refractivity contribution is 0.0761. The number of carbonyl (C=O) groups is 1. The summed E-state index contributed by atoms with van der Waals surface area (Å²) in [6, 6.07) is 15.6. The summed E-state index contributed by atoms with van der Waals surface area (Å²) >= 11 is 5.29. The second-order valence-electron chi connectivity index (χ2n) is 7.65. The zero-order valence-corrected chi connectivity index (χ0v) is 18.0. The number of hydrogen-bond acceptors (Lipinski definition) is 4. The van der Waals surface area contributed by atoms with Crippen molar-refractivity contribution in [2.75, 3.05) is 26.2 Å². The number of benzene rings is 2. The molecule has 1 N–H and O–H groups in total. The van der Waals surface area contributed by atoms with Crippen LogP contribution in [0.15, 0.2) is 53.3 Å². The number of rotatable bonds is 4. The Kier molecular flexibility index (Phi) is 6.11. The topological polar surface area (TPSA) is 61.3 Å². The fourth-order valence-electron chi connectivity index (χ4n) is 4.03. The molecule has 30 heavy (non-hydrogen) atoms. The van der Waals surface area contributed by atoms with Crippen molar-refractivity contribution in [2.45, 2.75) is 26.4 Å². The van der Waals surface area contributed by atoms with Crippen LogP contribution in [-0.2, 0) is 13.1 Å². The van der Waals surface area contributed by atoms with Crippen molar-refractivity contribution in [3.05, 3.63) is 74.8 Å². The van der Waals surface area contributed by atoms with Gasteiger partial charge in [-0.2, -0.15) is 0 Å². The molecule has 7 heteroatoms. The van der Waals surface area contributed by atoms with Gasteiger partial charge in [-0.1, -0.05) is 30.3 Å². The second-order valence-corrected chi connectivity index (χ2v) is 8.03. The van der Waals surface area contributed by atoms with Crippen LogP contribution in [0.5, 0.6) is 0 Å². The molecule has 1 aromatic heterocycles. The van der Waals surface area contributed by atoms with E-state index in [2.05, 4.69) is 34.1 Å². The van der Waals surface area contributed by atoms with E-state index < -0.39 is 0 Å². The van der Waals surface area contributed by atoms with Crippen LogP contribution >= 0.6 is 12.2 Å². The summed E-state index contributed by atoms with van der Waals surface area (Å²) in [7, 11) is 0. The van der Waals surface area contributed by atoms with Gasteiger partial charge in [0, 0.05) is 44.8 Å². The van der Waals surface area contributed by atoms with Gasteiger partial charge in [-0.3, -0.25) is 19.1 Å². The van der Waals surface area contributed by atoms with Gasteiger partial charge in [-0.15, -0.1) is 0 Å². The van der Waals surface area contributed by atoms with E-state index in [9.17, 15) is 9.59 Å². The normalized spacial score (nSPS) is 15.3. The van der Waals surface area contributed by atoms with Gasteiger partial charge in [0.05, 0.1) is 10.9 Å². The molecule has 3 aromatic rings. The van der Waals surface area contributed by atoms with Crippen molar-refractivity contribution in [3.8, 4) is 0 Å². The Morgan fingerprint density at radius 2 is 1.87 bits per heavy atom. The molecule has 2 aromatic carbocycles. The van der Waals surface area contributed by atoms with E-state index in [0.29, 0.717) is 34.3 Å². The van der Waals surface area contributed by atoms with Crippen molar-refractivity contribution < 1.29 is 4.79 Å². The zero-order valence-electron chi connectivity index (χ0n) is 17.1. The van der Waals surface area contributed by atoms with Crippen molar-refractivity contribution in [1.82, 2.24) is 19.4 Å². The highest BCUT2D eigenvalue weighted by atomic mass is 32.1. The molecule has 1 aliphatic rings. The van der Waals surface area contributed by atoms with Gasteiger partial charge < -0.3 is 9.88 Å².